The molecule has 1 atom stereocenters. The number of halogens is 4. The Labute approximate surface area is 233 Å². The summed E-state index contributed by atoms with van der Waals surface area (Å²) in [6.45, 7) is 1.34. The Morgan fingerprint density at radius 1 is 1.02 bits per heavy atom. The van der Waals surface area contributed by atoms with E-state index in [4.69, 9.17) is 9.47 Å². The predicted molar refractivity (Wildman–Crippen MR) is 146 cm³/mol. The number of ether oxygens (including phenoxy) is 2. The number of esters is 1. The average molecular weight is 567 g/mol. The molecule has 0 aliphatic carbocycles. The fourth-order valence-corrected chi connectivity index (χ4v) is 5.70. The van der Waals surface area contributed by atoms with Crippen molar-refractivity contribution in [1.29, 1.82) is 0 Å². The van der Waals surface area contributed by atoms with Crippen molar-refractivity contribution in [2.75, 3.05) is 25.7 Å². The smallest absolute Gasteiger partial charge is 0.416 e. The van der Waals surface area contributed by atoms with Gasteiger partial charge < -0.3 is 23.8 Å². The summed E-state index contributed by atoms with van der Waals surface area (Å²) in [7, 11) is 2.84. The van der Waals surface area contributed by atoms with E-state index in [-0.39, 0.29) is 23.8 Å². The molecule has 3 heterocycles. The van der Waals surface area contributed by atoms with Crippen LogP contribution in [0.15, 0.2) is 71.7 Å². The van der Waals surface area contributed by atoms with E-state index in [1.807, 2.05) is 29.2 Å². The van der Waals surface area contributed by atoms with Gasteiger partial charge in [-0.2, -0.15) is 13.2 Å². The Hall–Kier alpha value is -4.54. The summed E-state index contributed by atoms with van der Waals surface area (Å²) in [6, 6.07) is 16.2. The molecule has 0 fully saturated rings. The minimum Gasteiger partial charge on any atom is -0.496 e. The van der Waals surface area contributed by atoms with Crippen molar-refractivity contribution >= 4 is 34.2 Å². The maximum atomic E-state index is 15.2. The van der Waals surface area contributed by atoms with Crippen LogP contribution in [0, 0.1) is 5.82 Å². The van der Waals surface area contributed by atoms with Crippen LogP contribution in [0.3, 0.4) is 0 Å². The highest BCUT2D eigenvalue weighted by Crippen LogP contribution is 2.43. The normalized spacial score (nSPS) is 16.7. The molecular weight excluding hydrogens is 540 g/mol. The number of aliphatic imine (C=N–C) groups is 1. The van der Waals surface area contributed by atoms with Crippen molar-refractivity contribution in [3.05, 3.63) is 89.4 Å². The van der Waals surface area contributed by atoms with Gasteiger partial charge in [0.15, 0.2) is 0 Å². The molecular formula is C30H26F4N4O3. The number of nitrogens with zero attached hydrogens (tertiary/aromatic N) is 4. The number of carbonyl (C=O) groups excluding carboxylic acids is 1. The second kappa shape index (κ2) is 10.1. The number of rotatable bonds is 4. The van der Waals surface area contributed by atoms with E-state index in [9.17, 15) is 18.0 Å². The van der Waals surface area contributed by atoms with E-state index in [2.05, 4.69) is 9.56 Å². The van der Waals surface area contributed by atoms with Crippen molar-refractivity contribution in [2.24, 2.45) is 4.99 Å². The van der Waals surface area contributed by atoms with E-state index in [1.165, 1.54) is 31.4 Å². The van der Waals surface area contributed by atoms with Crippen LogP contribution in [0.4, 0.5) is 28.9 Å². The largest absolute Gasteiger partial charge is 0.496 e. The molecule has 0 radical (unpaired) electrons. The number of aromatic nitrogens is 1. The van der Waals surface area contributed by atoms with Crippen LogP contribution < -0.4 is 9.64 Å². The van der Waals surface area contributed by atoms with Crippen LogP contribution in [0.5, 0.6) is 5.75 Å². The lowest BCUT2D eigenvalue weighted by molar-refractivity contribution is -0.141. The van der Waals surface area contributed by atoms with Crippen LogP contribution in [0.2, 0.25) is 0 Å². The molecule has 0 spiro atoms. The zero-order valence-electron chi connectivity index (χ0n) is 22.3. The van der Waals surface area contributed by atoms with Gasteiger partial charge in [-0.15, -0.1) is 0 Å². The highest BCUT2D eigenvalue weighted by Gasteiger charge is 2.39. The number of anilines is 1. The van der Waals surface area contributed by atoms with E-state index < -0.39 is 29.6 Å². The number of methoxy groups -OCH3 is 2. The molecule has 6 rings (SSSR count). The molecule has 2 aliphatic rings. The third kappa shape index (κ3) is 4.64. The van der Waals surface area contributed by atoms with Crippen molar-refractivity contribution in [1.82, 2.24) is 9.47 Å². The number of hydrogen-bond acceptors (Lipinski definition) is 6. The third-order valence-electron chi connectivity index (χ3n) is 7.60. The summed E-state index contributed by atoms with van der Waals surface area (Å²) < 4.78 is 69.1. The molecule has 212 valence electrons. The Bertz CT molecular complexity index is 1680. The number of benzene rings is 3. The number of carbonyl (C=O) groups is 1. The van der Waals surface area contributed by atoms with Gasteiger partial charge >= 0.3 is 12.1 Å². The van der Waals surface area contributed by atoms with Gasteiger partial charge in [-0.1, -0.05) is 24.3 Å². The second-order valence-corrected chi connectivity index (χ2v) is 9.91. The summed E-state index contributed by atoms with van der Waals surface area (Å²) in [5.41, 5.74) is 1.70. The summed E-state index contributed by atoms with van der Waals surface area (Å²) in [4.78, 5) is 20.8. The van der Waals surface area contributed by atoms with Crippen LogP contribution in [-0.4, -0.2) is 42.2 Å². The summed E-state index contributed by atoms with van der Waals surface area (Å²) in [6.07, 6.45) is -4.82. The number of hydrogen-bond donors (Lipinski definition) is 0. The minimum absolute atomic E-state index is 0.0485. The number of fused-ring (bicyclic) bond motifs is 4. The number of para-hydroxylation sites is 1. The molecule has 7 nitrogen and oxygen atoms in total. The van der Waals surface area contributed by atoms with Gasteiger partial charge in [0, 0.05) is 35.4 Å². The van der Waals surface area contributed by atoms with Crippen LogP contribution >= 0.6 is 0 Å². The van der Waals surface area contributed by atoms with Gasteiger partial charge in [0.1, 0.15) is 17.3 Å². The van der Waals surface area contributed by atoms with Gasteiger partial charge in [-0.3, -0.25) is 4.79 Å². The number of alkyl halides is 3. The molecule has 0 saturated carbocycles. The lowest BCUT2D eigenvalue weighted by Gasteiger charge is -2.43. The van der Waals surface area contributed by atoms with E-state index in [0.29, 0.717) is 25.2 Å². The average Bonchev–Trinajstić information content (AvgIpc) is 3.35. The summed E-state index contributed by atoms with van der Waals surface area (Å²) in [5, 5.41) is 0.937. The SMILES string of the molecule is COC(=O)CC1c2cccc(F)c2N=C(N2CCn3c(cc4c(OC)cccc43)C2)N1c1cccc(C(F)(F)F)c1. The van der Waals surface area contributed by atoms with Crippen molar-refractivity contribution < 1.29 is 31.8 Å². The monoisotopic (exact) mass is 566 g/mol. The fourth-order valence-electron chi connectivity index (χ4n) is 5.70. The first kappa shape index (κ1) is 26.7. The molecule has 1 aromatic heterocycles. The first-order chi connectivity index (χ1) is 19.7. The van der Waals surface area contributed by atoms with E-state index >= 15 is 4.39 Å². The maximum absolute atomic E-state index is 15.2. The quantitative estimate of drug-likeness (QED) is 0.210. The Morgan fingerprint density at radius 3 is 2.56 bits per heavy atom. The summed E-state index contributed by atoms with van der Waals surface area (Å²) in [5.74, 6) is -0.200. The van der Waals surface area contributed by atoms with Gasteiger partial charge in [0.2, 0.25) is 5.96 Å². The van der Waals surface area contributed by atoms with Crippen LogP contribution in [0.1, 0.15) is 29.3 Å². The Balaban J connectivity index is 1.51. The fraction of sp³-hybridized carbons (Fsp3) is 0.267. The third-order valence-corrected chi connectivity index (χ3v) is 7.60. The van der Waals surface area contributed by atoms with Gasteiger partial charge in [0.25, 0.3) is 0 Å². The Kier molecular flexibility index (Phi) is 6.59. The van der Waals surface area contributed by atoms with Crippen molar-refractivity contribution in [3.63, 3.8) is 0 Å². The minimum atomic E-state index is -4.59. The number of guanidine groups is 1. The van der Waals surface area contributed by atoms with Gasteiger partial charge in [-0.25, -0.2) is 9.38 Å². The highest BCUT2D eigenvalue weighted by atomic mass is 19.4. The van der Waals surface area contributed by atoms with Crippen LogP contribution in [0.25, 0.3) is 10.9 Å². The lowest BCUT2D eigenvalue weighted by Crippen LogP contribution is -2.50. The van der Waals surface area contributed by atoms with Crippen LogP contribution in [-0.2, 0) is 28.8 Å². The standard InChI is InChI=1S/C30H26F4N4O3/c1-40-26-11-5-10-24-22(26)15-20-17-36(12-13-37(20)24)29-35-28-21(8-4-9-23(28)31)25(16-27(39)41-2)38(29)19-7-3-6-18(14-19)30(32,33)34/h3-11,14-15,25H,12-13,16-17H2,1-2H3. The molecule has 3 aromatic carbocycles. The Morgan fingerprint density at radius 2 is 1.80 bits per heavy atom. The zero-order chi connectivity index (χ0) is 28.9. The zero-order valence-corrected chi connectivity index (χ0v) is 22.3. The maximum Gasteiger partial charge on any atom is 0.416 e. The molecule has 2 aliphatic heterocycles. The molecule has 11 heteroatoms. The molecule has 41 heavy (non-hydrogen) atoms. The second-order valence-electron chi connectivity index (χ2n) is 9.91. The molecule has 0 saturated heterocycles. The molecule has 0 N–H and O–H groups in total. The van der Waals surface area contributed by atoms with Crippen molar-refractivity contribution in [3.8, 4) is 5.75 Å². The first-order valence-corrected chi connectivity index (χ1v) is 13.0. The van der Waals surface area contributed by atoms with E-state index in [1.54, 1.807) is 18.1 Å². The topological polar surface area (TPSA) is 59.3 Å². The highest BCUT2D eigenvalue weighted by molar-refractivity contribution is 6.01. The molecule has 0 amide bonds. The first-order valence-electron chi connectivity index (χ1n) is 13.0. The summed E-state index contributed by atoms with van der Waals surface area (Å²) >= 11 is 0. The molecule has 4 aromatic rings. The van der Waals surface area contributed by atoms with Crippen molar-refractivity contribution in [2.45, 2.75) is 31.7 Å². The van der Waals surface area contributed by atoms with E-state index in [0.717, 1.165) is 34.5 Å². The lowest BCUT2D eigenvalue weighted by atomic mass is 9.97. The van der Waals surface area contributed by atoms with Gasteiger partial charge in [-0.05, 0) is 42.5 Å². The molecule has 1 unspecified atom stereocenters. The predicted octanol–water partition coefficient (Wildman–Crippen LogP) is 6.44. The van der Waals surface area contributed by atoms with Gasteiger partial charge in [0.05, 0.1) is 44.3 Å². The molecule has 0 bridgehead atoms.